The van der Waals surface area contributed by atoms with Gasteiger partial charge in [-0.2, -0.15) is 0 Å². The third kappa shape index (κ3) is 3.26. The average molecular weight is 256 g/mol. The maximum Gasteiger partial charge on any atom is 0.308 e. The van der Waals surface area contributed by atoms with Crippen molar-refractivity contribution in [3.63, 3.8) is 0 Å². The number of aliphatic carboxylic acids is 1. The van der Waals surface area contributed by atoms with Crippen LogP contribution in [0.15, 0.2) is 0 Å². The van der Waals surface area contributed by atoms with Crippen molar-refractivity contribution in [1.82, 2.24) is 9.88 Å². The van der Waals surface area contributed by atoms with Gasteiger partial charge in [-0.1, -0.05) is 6.92 Å². The number of carboxylic acid groups (broad SMARTS) is 1. The van der Waals surface area contributed by atoms with Crippen molar-refractivity contribution < 1.29 is 14.7 Å². The van der Waals surface area contributed by atoms with Crippen molar-refractivity contribution in [2.75, 3.05) is 13.6 Å². The second-order valence-electron chi connectivity index (χ2n) is 4.07. The van der Waals surface area contributed by atoms with Gasteiger partial charge in [0, 0.05) is 13.6 Å². The van der Waals surface area contributed by atoms with E-state index in [-0.39, 0.29) is 12.5 Å². The van der Waals surface area contributed by atoms with Gasteiger partial charge in [-0.15, -0.1) is 11.3 Å². The van der Waals surface area contributed by atoms with Gasteiger partial charge in [0.15, 0.2) is 0 Å². The number of hydrogen-bond donors (Lipinski definition) is 1. The number of rotatable bonds is 4. The molecule has 0 bridgehead atoms. The summed E-state index contributed by atoms with van der Waals surface area (Å²) in [5.74, 6) is -1.64. The Balaban J connectivity index is 2.77. The molecule has 0 spiro atoms. The van der Waals surface area contributed by atoms with E-state index in [0.717, 1.165) is 5.01 Å². The van der Waals surface area contributed by atoms with Crippen molar-refractivity contribution >= 4 is 23.2 Å². The zero-order chi connectivity index (χ0) is 13.2. The molecule has 1 N–H and O–H groups in total. The lowest BCUT2D eigenvalue weighted by molar-refractivity contribution is -0.141. The van der Waals surface area contributed by atoms with Crippen LogP contribution >= 0.6 is 11.3 Å². The molecule has 0 aromatic carbocycles. The summed E-state index contributed by atoms with van der Waals surface area (Å²) in [6.45, 7) is 5.40. The summed E-state index contributed by atoms with van der Waals surface area (Å²) in [6.07, 6.45) is 0. The van der Waals surface area contributed by atoms with Gasteiger partial charge >= 0.3 is 5.97 Å². The standard InChI is InChI=1S/C11H16N2O3S/c1-6(11(15)16)5-13(4)10(14)9-7(2)12-8(3)17-9/h6H,5H2,1-4H3,(H,15,16). The van der Waals surface area contributed by atoms with E-state index in [2.05, 4.69) is 4.98 Å². The first-order valence-corrected chi connectivity index (χ1v) is 6.07. The summed E-state index contributed by atoms with van der Waals surface area (Å²) in [5, 5.41) is 9.63. The molecule has 17 heavy (non-hydrogen) atoms. The summed E-state index contributed by atoms with van der Waals surface area (Å²) in [5.41, 5.74) is 0.701. The van der Waals surface area contributed by atoms with E-state index in [1.807, 2.05) is 6.92 Å². The van der Waals surface area contributed by atoms with Crippen LogP contribution in [-0.2, 0) is 4.79 Å². The monoisotopic (exact) mass is 256 g/mol. The molecule has 1 atom stereocenters. The molecule has 0 saturated carbocycles. The molecule has 0 aliphatic carbocycles. The minimum absolute atomic E-state index is 0.166. The van der Waals surface area contributed by atoms with Crippen LogP contribution in [0.25, 0.3) is 0 Å². The van der Waals surface area contributed by atoms with Gasteiger partial charge in [0.2, 0.25) is 0 Å². The van der Waals surface area contributed by atoms with Crippen LogP contribution in [0.2, 0.25) is 0 Å². The van der Waals surface area contributed by atoms with E-state index in [9.17, 15) is 9.59 Å². The number of thiazole rings is 1. The smallest absolute Gasteiger partial charge is 0.308 e. The lowest BCUT2D eigenvalue weighted by atomic mass is 10.2. The zero-order valence-corrected chi connectivity index (χ0v) is 11.2. The van der Waals surface area contributed by atoms with Crippen LogP contribution in [0.1, 0.15) is 27.3 Å². The predicted octanol–water partition coefficient (Wildman–Crippen LogP) is 1.55. The number of hydrogen-bond acceptors (Lipinski definition) is 4. The van der Waals surface area contributed by atoms with Gasteiger partial charge in [-0.25, -0.2) is 4.98 Å². The number of carbonyl (C=O) groups is 2. The summed E-state index contributed by atoms with van der Waals surface area (Å²) in [7, 11) is 1.61. The molecule has 1 unspecified atom stereocenters. The van der Waals surface area contributed by atoms with E-state index in [4.69, 9.17) is 5.11 Å². The molecule has 0 fully saturated rings. The fraction of sp³-hybridized carbons (Fsp3) is 0.545. The highest BCUT2D eigenvalue weighted by Gasteiger charge is 2.21. The fourth-order valence-electron chi connectivity index (χ4n) is 1.47. The largest absolute Gasteiger partial charge is 0.481 e. The van der Waals surface area contributed by atoms with Gasteiger partial charge < -0.3 is 10.0 Å². The van der Waals surface area contributed by atoms with Gasteiger partial charge in [0.05, 0.1) is 16.6 Å². The molecular formula is C11H16N2O3S. The normalized spacial score (nSPS) is 12.2. The van der Waals surface area contributed by atoms with E-state index < -0.39 is 11.9 Å². The molecule has 1 rings (SSSR count). The molecule has 6 heteroatoms. The summed E-state index contributed by atoms with van der Waals surface area (Å²) < 4.78 is 0. The van der Waals surface area contributed by atoms with Gasteiger partial charge in [0.1, 0.15) is 4.88 Å². The highest BCUT2D eigenvalue weighted by Crippen LogP contribution is 2.19. The Labute approximate surface area is 104 Å². The first-order chi connectivity index (χ1) is 7.82. The highest BCUT2D eigenvalue weighted by atomic mass is 32.1. The maximum absolute atomic E-state index is 12.0. The Morgan fingerprint density at radius 2 is 2.06 bits per heavy atom. The second-order valence-corrected chi connectivity index (χ2v) is 5.28. The average Bonchev–Trinajstić information content (AvgIpc) is 2.56. The van der Waals surface area contributed by atoms with E-state index >= 15 is 0 Å². The molecule has 0 radical (unpaired) electrons. The summed E-state index contributed by atoms with van der Waals surface area (Å²) in [4.78, 5) is 29.0. The van der Waals surface area contributed by atoms with E-state index in [1.54, 1.807) is 20.9 Å². The van der Waals surface area contributed by atoms with Crippen LogP contribution in [0.5, 0.6) is 0 Å². The Kier molecular flexibility index (Phi) is 4.22. The first-order valence-electron chi connectivity index (χ1n) is 5.25. The molecule has 0 aliphatic rings. The molecule has 1 aromatic heterocycles. The van der Waals surface area contributed by atoms with Crippen molar-refractivity contribution in [2.24, 2.45) is 5.92 Å². The Morgan fingerprint density at radius 3 is 2.47 bits per heavy atom. The lowest BCUT2D eigenvalue weighted by Gasteiger charge is -2.18. The predicted molar refractivity (Wildman–Crippen MR) is 65.3 cm³/mol. The number of nitrogens with zero attached hydrogens (tertiary/aromatic N) is 2. The molecule has 5 nitrogen and oxygen atoms in total. The van der Waals surface area contributed by atoms with Crippen molar-refractivity contribution in [3.8, 4) is 0 Å². The lowest BCUT2D eigenvalue weighted by Crippen LogP contribution is -2.33. The number of aryl methyl sites for hydroxylation is 2. The fourth-order valence-corrected chi connectivity index (χ4v) is 2.39. The zero-order valence-electron chi connectivity index (χ0n) is 10.4. The van der Waals surface area contributed by atoms with Gasteiger partial charge in [-0.05, 0) is 13.8 Å². The Hall–Kier alpha value is -1.43. The maximum atomic E-state index is 12.0. The van der Waals surface area contributed by atoms with Crippen LogP contribution in [0, 0.1) is 19.8 Å². The SMILES string of the molecule is Cc1nc(C)c(C(=O)N(C)CC(C)C(=O)O)s1. The first kappa shape index (κ1) is 13.6. The minimum atomic E-state index is -0.901. The third-order valence-electron chi connectivity index (χ3n) is 2.41. The Morgan fingerprint density at radius 1 is 1.47 bits per heavy atom. The minimum Gasteiger partial charge on any atom is -0.481 e. The molecular weight excluding hydrogens is 240 g/mol. The van der Waals surface area contributed by atoms with Crippen LogP contribution < -0.4 is 0 Å². The van der Waals surface area contributed by atoms with Crippen molar-refractivity contribution in [3.05, 3.63) is 15.6 Å². The van der Waals surface area contributed by atoms with E-state index in [0.29, 0.717) is 10.6 Å². The van der Waals surface area contributed by atoms with Crippen LogP contribution in [0.4, 0.5) is 0 Å². The molecule has 1 amide bonds. The summed E-state index contributed by atoms with van der Waals surface area (Å²) in [6, 6.07) is 0. The van der Waals surface area contributed by atoms with Crippen molar-refractivity contribution in [1.29, 1.82) is 0 Å². The number of carbonyl (C=O) groups excluding carboxylic acids is 1. The van der Waals surface area contributed by atoms with Crippen LogP contribution in [-0.4, -0.2) is 40.5 Å². The number of carboxylic acids is 1. The molecule has 1 heterocycles. The van der Waals surface area contributed by atoms with Gasteiger partial charge in [0.25, 0.3) is 5.91 Å². The molecule has 0 saturated heterocycles. The third-order valence-corrected chi connectivity index (χ3v) is 3.47. The van der Waals surface area contributed by atoms with E-state index in [1.165, 1.54) is 16.2 Å². The topological polar surface area (TPSA) is 70.5 Å². The number of aromatic nitrogens is 1. The second kappa shape index (κ2) is 5.27. The molecule has 94 valence electrons. The van der Waals surface area contributed by atoms with Gasteiger partial charge in [-0.3, -0.25) is 9.59 Å². The highest BCUT2D eigenvalue weighted by molar-refractivity contribution is 7.13. The molecule has 1 aromatic rings. The van der Waals surface area contributed by atoms with Crippen LogP contribution in [0.3, 0.4) is 0 Å². The molecule has 0 aliphatic heterocycles. The van der Waals surface area contributed by atoms with Crippen molar-refractivity contribution in [2.45, 2.75) is 20.8 Å². The number of amides is 1. The Bertz CT molecular complexity index is 442. The quantitative estimate of drug-likeness (QED) is 0.887. The summed E-state index contributed by atoms with van der Waals surface area (Å²) >= 11 is 1.34.